The summed E-state index contributed by atoms with van der Waals surface area (Å²) in [6.07, 6.45) is 10.1. The first-order chi connectivity index (χ1) is 21.4. The van der Waals surface area contributed by atoms with Crippen molar-refractivity contribution in [1.82, 2.24) is 20.4 Å². The van der Waals surface area contributed by atoms with Crippen molar-refractivity contribution in [2.45, 2.75) is 129 Å². The Bertz CT molecular complexity index is 1110. The van der Waals surface area contributed by atoms with E-state index in [2.05, 4.69) is 10.6 Å². The number of likely N-dealkylation sites (tertiary alicyclic amines) is 1. The van der Waals surface area contributed by atoms with Crippen LogP contribution in [0.15, 0.2) is 24.3 Å². The van der Waals surface area contributed by atoms with E-state index in [9.17, 15) is 24.2 Å². The Kier molecular flexibility index (Phi) is 14.0. The number of amides is 4. The maximum atomic E-state index is 12.7. The number of carboxylic acid groups (broad SMARTS) is 1. The molecule has 45 heavy (non-hydrogen) atoms. The molecule has 4 N–H and O–H groups in total. The molecule has 12 nitrogen and oxygen atoms in total. The highest BCUT2D eigenvalue weighted by atomic mass is 16.6. The van der Waals surface area contributed by atoms with Crippen molar-refractivity contribution in [2.24, 2.45) is 0 Å². The van der Waals surface area contributed by atoms with E-state index in [1.807, 2.05) is 24.3 Å². The Morgan fingerprint density at radius 2 is 1.53 bits per heavy atom. The van der Waals surface area contributed by atoms with Crippen molar-refractivity contribution in [2.75, 3.05) is 13.2 Å². The second-order valence-corrected chi connectivity index (χ2v) is 13.1. The summed E-state index contributed by atoms with van der Waals surface area (Å²) in [5, 5.41) is 23.9. The number of benzene rings is 1. The van der Waals surface area contributed by atoms with Gasteiger partial charge in [0.2, 0.25) is 11.8 Å². The summed E-state index contributed by atoms with van der Waals surface area (Å²) in [6.45, 7) is 8.77. The number of carbonyl (C=O) groups is 4. The lowest BCUT2D eigenvalue weighted by Gasteiger charge is -2.30. The van der Waals surface area contributed by atoms with Crippen molar-refractivity contribution >= 4 is 31.1 Å². The van der Waals surface area contributed by atoms with E-state index >= 15 is 0 Å². The SMILES string of the molecule is C1CCCCC1.CC(NC(=O)OC(C)(C)C)C(=O)N1CCCC1C(=O)NC1CCCOB1O.O=C(O)N1Cc2ccccc2C1. The van der Waals surface area contributed by atoms with Crippen LogP contribution in [0.3, 0.4) is 0 Å². The number of rotatable bonds is 4. The van der Waals surface area contributed by atoms with Gasteiger partial charge in [0, 0.05) is 26.2 Å². The van der Waals surface area contributed by atoms with Gasteiger partial charge in [-0.15, -0.1) is 0 Å². The molecular weight excluding hydrogens is 579 g/mol. The van der Waals surface area contributed by atoms with Crippen LogP contribution in [0.1, 0.15) is 103 Å². The molecule has 13 heteroatoms. The number of carbonyl (C=O) groups excluding carboxylic acids is 3. The number of ether oxygens (including phenoxy) is 1. The average molecular weight is 631 g/mol. The molecule has 1 aliphatic carbocycles. The van der Waals surface area contributed by atoms with Crippen LogP contribution in [0.2, 0.25) is 0 Å². The molecule has 0 aromatic heterocycles. The van der Waals surface area contributed by atoms with Gasteiger partial charge in [0.25, 0.3) is 0 Å². The van der Waals surface area contributed by atoms with Crippen molar-refractivity contribution < 1.29 is 38.7 Å². The van der Waals surface area contributed by atoms with Gasteiger partial charge in [-0.2, -0.15) is 0 Å². The van der Waals surface area contributed by atoms with Crippen LogP contribution >= 0.6 is 0 Å². The number of fused-ring (bicyclic) bond motifs is 1. The van der Waals surface area contributed by atoms with Crippen molar-refractivity contribution in [3.8, 4) is 0 Å². The normalized spacial score (nSPS) is 21.7. The van der Waals surface area contributed by atoms with Gasteiger partial charge >= 0.3 is 19.3 Å². The third kappa shape index (κ3) is 11.8. The highest BCUT2D eigenvalue weighted by Crippen LogP contribution is 2.22. The second kappa shape index (κ2) is 17.4. The quantitative estimate of drug-likeness (QED) is 0.360. The number of hydrogen-bond acceptors (Lipinski definition) is 7. The molecule has 3 atom stereocenters. The van der Waals surface area contributed by atoms with Crippen LogP contribution in [-0.4, -0.2) is 87.8 Å². The van der Waals surface area contributed by atoms with Crippen LogP contribution in [0, 0.1) is 0 Å². The standard InChI is InChI=1S/C17H30BN3O6.C9H9NO2.C6H12/c1-11(19-16(24)27-17(2,3)4)15(23)21-9-5-7-12(21)14(22)20-13-8-6-10-26-18(13)25;11-9(12)10-5-7-3-1-2-4-8(7)6-10;1-2-4-6-5-3-1/h11-13,25H,5-10H2,1-4H3,(H,19,24)(H,20,22);1-4H,5-6H2,(H,11,12);1-6H2. The molecule has 4 aliphatic rings. The van der Waals surface area contributed by atoms with E-state index in [1.165, 1.54) is 48.3 Å². The van der Waals surface area contributed by atoms with Gasteiger partial charge < -0.3 is 35.1 Å². The smallest absolute Gasteiger partial charge is 0.465 e. The van der Waals surface area contributed by atoms with E-state index in [0.717, 1.165) is 17.5 Å². The molecule has 5 rings (SSSR count). The Morgan fingerprint density at radius 1 is 0.956 bits per heavy atom. The van der Waals surface area contributed by atoms with Gasteiger partial charge in [0.1, 0.15) is 17.7 Å². The zero-order valence-electron chi connectivity index (χ0n) is 27.3. The maximum absolute atomic E-state index is 12.7. The summed E-state index contributed by atoms with van der Waals surface area (Å²) in [7, 11) is -1.03. The first-order valence-electron chi connectivity index (χ1n) is 16.3. The Labute approximate surface area is 267 Å². The van der Waals surface area contributed by atoms with Gasteiger partial charge in [0.05, 0.1) is 5.94 Å². The minimum Gasteiger partial charge on any atom is -0.465 e. The fourth-order valence-corrected chi connectivity index (χ4v) is 5.82. The third-order valence-corrected chi connectivity index (χ3v) is 8.17. The fraction of sp³-hybridized carbons (Fsp3) is 0.688. The lowest BCUT2D eigenvalue weighted by Crippen LogP contribution is -2.57. The number of nitrogens with one attached hydrogen (secondary N) is 2. The van der Waals surface area contributed by atoms with Gasteiger partial charge in [-0.25, -0.2) is 9.59 Å². The molecule has 3 unspecified atom stereocenters. The van der Waals surface area contributed by atoms with Crippen LogP contribution in [0.5, 0.6) is 0 Å². The lowest BCUT2D eigenvalue weighted by molar-refractivity contribution is -0.139. The second-order valence-electron chi connectivity index (χ2n) is 13.1. The summed E-state index contributed by atoms with van der Waals surface area (Å²) in [5.74, 6) is -1.11. The number of hydrogen-bond donors (Lipinski definition) is 4. The van der Waals surface area contributed by atoms with Crippen LogP contribution in [0.4, 0.5) is 9.59 Å². The highest BCUT2D eigenvalue weighted by Gasteiger charge is 2.39. The maximum Gasteiger partial charge on any atom is 0.478 e. The molecule has 3 fully saturated rings. The van der Waals surface area contributed by atoms with E-state index in [4.69, 9.17) is 14.5 Å². The topological polar surface area (TPSA) is 158 Å². The molecular formula is C32H51BN4O8. The average Bonchev–Trinajstić information content (AvgIpc) is 3.67. The van der Waals surface area contributed by atoms with E-state index < -0.39 is 42.9 Å². The molecule has 250 valence electrons. The van der Waals surface area contributed by atoms with Crippen molar-refractivity contribution in [3.05, 3.63) is 35.4 Å². The monoisotopic (exact) mass is 630 g/mol. The van der Waals surface area contributed by atoms with Crippen LogP contribution in [-0.2, 0) is 32.1 Å². The predicted octanol–water partition coefficient (Wildman–Crippen LogP) is 4.23. The van der Waals surface area contributed by atoms with E-state index in [-0.39, 0.29) is 11.8 Å². The first-order valence-corrected chi connectivity index (χ1v) is 16.3. The molecule has 0 spiro atoms. The Balaban J connectivity index is 0.000000247. The summed E-state index contributed by atoms with van der Waals surface area (Å²) >= 11 is 0. The Hall–Kier alpha value is -3.32. The molecule has 1 aromatic carbocycles. The molecule has 1 saturated carbocycles. The van der Waals surface area contributed by atoms with Gasteiger partial charge in [-0.05, 0) is 64.5 Å². The van der Waals surface area contributed by atoms with Crippen molar-refractivity contribution in [3.63, 3.8) is 0 Å². The summed E-state index contributed by atoms with van der Waals surface area (Å²) < 4.78 is 10.3. The number of alkyl carbamates (subject to hydrolysis) is 1. The summed E-state index contributed by atoms with van der Waals surface area (Å²) in [6, 6.07) is 6.39. The number of nitrogens with zero attached hydrogens (tertiary/aromatic N) is 2. The molecule has 0 radical (unpaired) electrons. The minimum absolute atomic E-state index is 0.306. The van der Waals surface area contributed by atoms with Crippen LogP contribution < -0.4 is 10.6 Å². The molecule has 0 bridgehead atoms. The summed E-state index contributed by atoms with van der Waals surface area (Å²) in [4.78, 5) is 50.7. The summed E-state index contributed by atoms with van der Waals surface area (Å²) in [5.41, 5.74) is 1.59. The molecule has 3 heterocycles. The van der Waals surface area contributed by atoms with E-state index in [0.29, 0.717) is 45.5 Å². The first kappa shape index (κ1) is 36.2. The van der Waals surface area contributed by atoms with Crippen LogP contribution in [0.25, 0.3) is 0 Å². The van der Waals surface area contributed by atoms with E-state index in [1.54, 1.807) is 27.7 Å². The molecule has 2 saturated heterocycles. The molecule has 1 aromatic rings. The zero-order valence-corrected chi connectivity index (χ0v) is 27.3. The largest absolute Gasteiger partial charge is 0.478 e. The highest BCUT2D eigenvalue weighted by molar-refractivity contribution is 6.45. The molecule has 4 amide bonds. The van der Waals surface area contributed by atoms with Gasteiger partial charge in [-0.3, -0.25) is 14.5 Å². The third-order valence-electron chi connectivity index (χ3n) is 8.17. The Morgan fingerprint density at radius 3 is 2.04 bits per heavy atom. The minimum atomic E-state index is -1.03. The van der Waals surface area contributed by atoms with Gasteiger partial charge in [-0.1, -0.05) is 62.8 Å². The van der Waals surface area contributed by atoms with Crippen molar-refractivity contribution in [1.29, 1.82) is 0 Å². The van der Waals surface area contributed by atoms with Gasteiger partial charge in [0.15, 0.2) is 0 Å². The fourth-order valence-electron chi connectivity index (χ4n) is 5.82. The lowest BCUT2D eigenvalue weighted by atomic mass is 9.74. The predicted molar refractivity (Wildman–Crippen MR) is 170 cm³/mol. The zero-order chi connectivity index (χ0) is 33.0. The molecule has 3 aliphatic heterocycles.